The molecule has 25 heavy (non-hydrogen) atoms. The summed E-state index contributed by atoms with van der Waals surface area (Å²) in [6.07, 6.45) is 3.61. The maximum absolute atomic E-state index is 12.8. The van der Waals surface area contributed by atoms with Crippen molar-refractivity contribution in [2.24, 2.45) is 5.41 Å². The average Bonchev–Trinajstić information content (AvgIpc) is 2.58. The molecule has 1 fully saturated rings. The van der Waals surface area contributed by atoms with Crippen molar-refractivity contribution < 1.29 is 19.4 Å². The standard InChI is InChI=1S/C20H21NO4/c22-18(23)14-25-17-9-7-16(8-10-17)21-19(24)20(11-4-12-20)13-15-5-2-1-3-6-15/h1-3,5-10H,4,11-14H2,(H,21,24)(H,22,23). The molecule has 0 unspecified atom stereocenters. The van der Waals surface area contributed by atoms with Gasteiger partial charge in [0.15, 0.2) is 6.61 Å². The number of amides is 1. The van der Waals surface area contributed by atoms with E-state index in [1.54, 1.807) is 24.3 Å². The van der Waals surface area contributed by atoms with E-state index in [-0.39, 0.29) is 17.9 Å². The fourth-order valence-electron chi connectivity index (χ4n) is 3.12. The first-order valence-electron chi connectivity index (χ1n) is 8.37. The molecule has 0 aliphatic heterocycles. The van der Waals surface area contributed by atoms with Crippen molar-refractivity contribution in [1.82, 2.24) is 0 Å². The summed E-state index contributed by atoms with van der Waals surface area (Å²) in [5.74, 6) is -0.518. The van der Waals surface area contributed by atoms with E-state index in [1.165, 1.54) is 5.56 Å². The summed E-state index contributed by atoms with van der Waals surface area (Å²) in [6.45, 7) is -0.383. The molecule has 3 rings (SSSR count). The highest BCUT2D eigenvalue weighted by atomic mass is 16.5. The van der Waals surface area contributed by atoms with Gasteiger partial charge < -0.3 is 15.2 Å². The molecule has 1 aliphatic rings. The molecule has 0 heterocycles. The minimum Gasteiger partial charge on any atom is -0.482 e. The van der Waals surface area contributed by atoms with Crippen LogP contribution in [-0.4, -0.2) is 23.6 Å². The lowest BCUT2D eigenvalue weighted by atomic mass is 9.64. The minimum atomic E-state index is -1.02. The van der Waals surface area contributed by atoms with Gasteiger partial charge in [0.05, 0.1) is 5.41 Å². The molecule has 5 nitrogen and oxygen atoms in total. The topological polar surface area (TPSA) is 75.6 Å². The summed E-state index contributed by atoms with van der Waals surface area (Å²) in [5.41, 5.74) is 1.53. The SMILES string of the molecule is O=C(O)COc1ccc(NC(=O)C2(Cc3ccccc3)CCC2)cc1. The number of carbonyl (C=O) groups is 2. The molecular formula is C20H21NO4. The Morgan fingerprint density at radius 1 is 1.04 bits per heavy atom. The van der Waals surface area contributed by atoms with E-state index in [0.717, 1.165) is 25.7 Å². The number of ether oxygens (including phenoxy) is 1. The number of hydrogen-bond donors (Lipinski definition) is 2. The molecule has 2 aromatic rings. The molecule has 0 saturated heterocycles. The second-order valence-corrected chi connectivity index (χ2v) is 6.46. The van der Waals surface area contributed by atoms with Gasteiger partial charge in [-0.1, -0.05) is 36.8 Å². The van der Waals surface area contributed by atoms with E-state index in [1.807, 2.05) is 18.2 Å². The third-order valence-corrected chi connectivity index (χ3v) is 4.65. The number of nitrogens with one attached hydrogen (secondary N) is 1. The highest BCUT2D eigenvalue weighted by molar-refractivity contribution is 5.96. The lowest BCUT2D eigenvalue weighted by Gasteiger charge is -2.40. The molecule has 2 aromatic carbocycles. The van der Waals surface area contributed by atoms with Gasteiger partial charge in [-0.25, -0.2) is 4.79 Å². The fraction of sp³-hybridized carbons (Fsp3) is 0.300. The van der Waals surface area contributed by atoms with Crippen LogP contribution in [0.3, 0.4) is 0 Å². The maximum atomic E-state index is 12.8. The minimum absolute atomic E-state index is 0.0433. The predicted octanol–water partition coefficient (Wildman–Crippen LogP) is 3.50. The molecular weight excluding hydrogens is 318 g/mol. The summed E-state index contributed by atoms with van der Waals surface area (Å²) >= 11 is 0. The fourth-order valence-corrected chi connectivity index (χ4v) is 3.12. The maximum Gasteiger partial charge on any atom is 0.341 e. The van der Waals surface area contributed by atoms with E-state index >= 15 is 0 Å². The quantitative estimate of drug-likeness (QED) is 0.809. The summed E-state index contributed by atoms with van der Waals surface area (Å²) in [6, 6.07) is 16.8. The Balaban J connectivity index is 1.63. The molecule has 130 valence electrons. The largest absolute Gasteiger partial charge is 0.482 e. The first-order valence-corrected chi connectivity index (χ1v) is 8.37. The van der Waals surface area contributed by atoms with Crippen molar-refractivity contribution >= 4 is 17.6 Å². The average molecular weight is 339 g/mol. The molecule has 0 aromatic heterocycles. The van der Waals surface area contributed by atoms with Crippen LogP contribution in [0.4, 0.5) is 5.69 Å². The molecule has 2 N–H and O–H groups in total. The Morgan fingerprint density at radius 3 is 2.28 bits per heavy atom. The van der Waals surface area contributed by atoms with E-state index in [9.17, 15) is 9.59 Å². The predicted molar refractivity (Wildman–Crippen MR) is 94.6 cm³/mol. The zero-order valence-electron chi connectivity index (χ0n) is 13.9. The zero-order chi connectivity index (χ0) is 17.7. The van der Waals surface area contributed by atoms with Gasteiger partial charge in [-0.15, -0.1) is 0 Å². The van der Waals surface area contributed by atoms with E-state index < -0.39 is 5.97 Å². The summed E-state index contributed by atoms with van der Waals surface area (Å²) in [7, 11) is 0. The highest BCUT2D eigenvalue weighted by Gasteiger charge is 2.43. The Kier molecular flexibility index (Phi) is 5.03. The lowest BCUT2D eigenvalue weighted by molar-refractivity contribution is -0.139. The monoisotopic (exact) mass is 339 g/mol. The molecule has 0 radical (unpaired) electrons. The number of benzene rings is 2. The molecule has 5 heteroatoms. The van der Waals surface area contributed by atoms with Crippen LogP contribution in [0.25, 0.3) is 0 Å². The van der Waals surface area contributed by atoms with Crippen LogP contribution in [0.5, 0.6) is 5.75 Å². The van der Waals surface area contributed by atoms with Gasteiger partial charge in [-0.2, -0.15) is 0 Å². The highest BCUT2D eigenvalue weighted by Crippen LogP contribution is 2.44. The van der Waals surface area contributed by atoms with Gasteiger partial charge in [0.25, 0.3) is 0 Å². The Morgan fingerprint density at radius 2 is 1.72 bits per heavy atom. The number of carboxylic acids is 1. The van der Waals surface area contributed by atoms with Crippen LogP contribution in [0, 0.1) is 5.41 Å². The molecule has 0 atom stereocenters. The van der Waals surface area contributed by atoms with Gasteiger partial charge in [0, 0.05) is 5.69 Å². The van der Waals surface area contributed by atoms with Crippen LogP contribution < -0.4 is 10.1 Å². The van der Waals surface area contributed by atoms with Crippen molar-refractivity contribution in [3.05, 3.63) is 60.2 Å². The molecule has 1 saturated carbocycles. The first-order chi connectivity index (χ1) is 12.1. The number of rotatable bonds is 7. The van der Waals surface area contributed by atoms with Gasteiger partial charge >= 0.3 is 5.97 Å². The molecule has 0 bridgehead atoms. The first kappa shape index (κ1) is 17.0. The molecule has 0 spiro atoms. The third-order valence-electron chi connectivity index (χ3n) is 4.65. The van der Waals surface area contributed by atoms with Crippen molar-refractivity contribution in [1.29, 1.82) is 0 Å². The van der Waals surface area contributed by atoms with Crippen molar-refractivity contribution in [2.45, 2.75) is 25.7 Å². The van der Waals surface area contributed by atoms with E-state index in [4.69, 9.17) is 9.84 Å². The van der Waals surface area contributed by atoms with Gasteiger partial charge in [0.1, 0.15) is 5.75 Å². The van der Waals surface area contributed by atoms with Crippen LogP contribution in [0.2, 0.25) is 0 Å². The number of aliphatic carboxylic acids is 1. The van der Waals surface area contributed by atoms with Gasteiger partial charge in [-0.05, 0) is 49.1 Å². The number of carboxylic acid groups (broad SMARTS) is 1. The Labute approximate surface area is 146 Å². The van der Waals surface area contributed by atoms with Crippen LogP contribution in [0.1, 0.15) is 24.8 Å². The van der Waals surface area contributed by atoms with Crippen LogP contribution >= 0.6 is 0 Å². The van der Waals surface area contributed by atoms with Crippen LogP contribution in [0.15, 0.2) is 54.6 Å². The van der Waals surface area contributed by atoms with Gasteiger partial charge in [0.2, 0.25) is 5.91 Å². The zero-order valence-corrected chi connectivity index (χ0v) is 13.9. The number of anilines is 1. The summed E-state index contributed by atoms with van der Waals surface area (Å²) in [5, 5.41) is 11.6. The second kappa shape index (κ2) is 7.38. The Hall–Kier alpha value is -2.82. The summed E-state index contributed by atoms with van der Waals surface area (Å²) < 4.78 is 5.09. The molecule has 1 aliphatic carbocycles. The third kappa shape index (κ3) is 4.18. The second-order valence-electron chi connectivity index (χ2n) is 6.46. The normalized spacial score (nSPS) is 15.0. The summed E-state index contributed by atoms with van der Waals surface area (Å²) in [4.78, 5) is 23.3. The lowest BCUT2D eigenvalue weighted by Crippen LogP contribution is -2.43. The van der Waals surface area contributed by atoms with Crippen molar-refractivity contribution in [3.8, 4) is 5.75 Å². The molecule has 1 amide bonds. The Bertz CT molecular complexity index is 736. The van der Waals surface area contributed by atoms with E-state index in [0.29, 0.717) is 11.4 Å². The van der Waals surface area contributed by atoms with Crippen molar-refractivity contribution in [2.75, 3.05) is 11.9 Å². The van der Waals surface area contributed by atoms with Crippen molar-refractivity contribution in [3.63, 3.8) is 0 Å². The number of carbonyl (C=O) groups excluding carboxylic acids is 1. The van der Waals surface area contributed by atoms with E-state index in [2.05, 4.69) is 17.4 Å². The van der Waals surface area contributed by atoms with Crippen LogP contribution in [-0.2, 0) is 16.0 Å². The van der Waals surface area contributed by atoms with Gasteiger partial charge in [-0.3, -0.25) is 4.79 Å². The smallest absolute Gasteiger partial charge is 0.341 e. The number of hydrogen-bond acceptors (Lipinski definition) is 3.